The number of alkyl halides is 2. The molecule has 22 heavy (non-hydrogen) atoms. The average molecular weight is 357 g/mol. The van der Waals surface area contributed by atoms with Gasteiger partial charge in [0.25, 0.3) is 5.92 Å². The molecule has 2 N–H and O–H groups in total. The maximum Gasteiger partial charge on any atom is 0.277 e. The topological polar surface area (TPSA) is 58.2 Å². The number of halogens is 4. The Balaban J connectivity index is 2.24. The highest BCUT2D eigenvalue weighted by atomic mass is 35.5. The molecule has 2 atom stereocenters. The molecule has 1 aromatic rings. The normalized spacial score (nSPS) is 24.6. The largest absolute Gasteiger partial charge is 0.306 e. The Morgan fingerprint density at radius 3 is 2.77 bits per heavy atom. The fourth-order valence-corrected chi connectivity index (χ4v) is 3.45. The molecule has 1 fully saturated rings. The average Bonchev–Trinajstić information content (AvgIpc) is 2.71. The van der Waals surface area contributed by atoms with E-state index in [9.17, 15) is 21.6 Å². The van der Waals surface area contributed by atoms with Crippen LogP contribution in [0.1, 0.15) is 12.5 Å². The minimum Gasteiger partial charge on any atom is -0.306 e. The summed E-state index contributed by atoms with van der Waals surface area (Å²) in [5.74, 6) is -4.24. The van der Waals surface area contributed by atoms with E-state index in [0.717, 1.165) is 0 Å². The van der Waals surface area contributed by atoms with E-state index in [4.69, 9.17) is 11.6 Å². The maximum absolute atomic E-state index is 13.9. The summed E-state index contributed by atoms with van der Waals surface area (Å²) in [5, 5.41) is 2.45. The van der Waals surface area contributed by atoms with Crippen molar-refractivity contribution in [1.82, 2.24) is 10.0 Å². The predicted octanol–water partition coefficient (Wildman–Crippen LogP) is 1.94. The first-order valence-corrected chi connectivity index (χ1v) is 8.73. The van der Waals surface area contributed by atoms with Gasteiger partial charge in [0.15, 0.2) is 0 Å². The van der Waals surface area contributed by atoms with Crippen LogP contribution in [0.3, 0.4) is 0 Å². The van der Waals surface area contributed by atoms with Gasteiger partial charge in [0, 0.05) is 6.04 Å². The summed E-state index contributed by atoms with van der Waals surface area (Å²) in [7, 11) is -3.81. The number of hydrogen-bond donors (Lipinski definition) is 2. The van der Waals surface area contributed by atoms with Gasteiger partial charge in [-0.25, -0.2) is 26.3 Å². The smallest absolute Gasteiger partial charge is 0.277 e. The van der Waals surface area contributed by atoms with Crippen molar-refractivity contribution in [3.8, 4) is 0 Å². The van der Waals surface area contributed by atoms with Crippen molar-refractivity contribution < 1.29 is 21.6 Å². The third kappa shape index (κ3) is 3.73. The van der Waals surface area contributed by atoms with Gasteiger partial charge in [-0.2, -0.15) is 0 Å². The molecule has 0 aliphatic carbocycles. The van der Waals surface area contributed by atoms with Crippen molar-refractivity contribution in [2.75, 3.05) is 12.3 Å². The highest BCUT2D eigenvalue weighted by Gasteiger charge is 2.51. The molecule has 1 saturated heterocycles. The lowest BCUT2D eigenvalue weighted by Gasteiger charge is -2.24. The summed E-state index contributed by atoms with van der Waals surface area (Å²) in [4.78, 5) is 0. The van der Waals surface area contributed by atoms with Gasteiger partial charge in [0.2, 0.25) is 10.0 Å². The second kappa shape index (κ2) is 6.35. The highest BCUT2D eigenvalue weighted by molar-refractivity contribution is 7.89. The molecular weight excluding hydrogens is 341 g/mol. The van der Waals surface area contributed by atoms with Crippen LogP contribution in [0.4, 0.5) is 13.2 Å². The number of sulfonamides is 1. The van der Waals surface area contributed by atoms with E-state index in [1.165, 1.54) is 25.1 Å². The van der Waals surface area contributed by atoms with E-state index < -0.39 is 40.4 Å². The second-order valence-corrected chi connectivity index (χ2v) is 7.61. The maximum atomic E-state index is 13.9. The summed E-state index contributed by atoms with van der Waals surface area (Å²) in [6, 6.07) is 1.75. The molecule has 1 aromatic carbocycles. The molecule has 1 aliphatic rings. The van der Waals surface area contributed by atoms with Crippen molar-refractivity contribution in [3.63, 3.8) is 0 Å². The highest BCUT2D eigenvalue weighted by Crippen LogP contribution is 2.29. The molecule has 124 valence electrons. The standard InChI is InChI=1S/C13H16ClF3N2O2S/c1-2-22(20,21)19-12-10(18-7-13(12,16)17)6-8-4-3-5-9(14)11(8)15/h3-5,10,12,18-19H,2,6-7H2,1H3/t10-,12+/m0/s1. The van der Waals surface area contributed by atoms with Crippen molar-refractivity contribution in [2.24, 2.45) is 0 Å². The van der Waals surface area contributed by atoms with Crippen LogP contribution in [-0.4, -0.2) is 38.7 Å². The summed E-state index contributed by atoms with van der Waals surface area (Å²) in [6.45, 7) is 0.686. The third-order valence-corrected chi connectivity index (χ3v) is 5.28. The zero-order valence-corrected chi connectivity index (χ0v) is 13.3. The van der Waals surface area contributed by atoms with Crippen LogP contribution in [-0.2, 0) is 16.4 Å². The Bertz CT molecular complexity index is 655. The van der Waals surface area contributed by atoms with E-state index in [-0.39, 0.29) is 22.8 Å². The Kier molecular flexibility index (Phi) is 5.06. The number of benzene rings is 1. The molecule has 4 nitrogen and oxygen atoms in total. The zero-order chi connectivity index (χ0) is 16.5. The minimum atomic E-state index is -3.81. The van der Waals surface area contributed by atoms with Crippen LogP contribution < -0.4 is 10.0 Å². The van der Waals surface area contributed by atoms with Gasteiger partial charge in [-0.05, 0) is 25.0 Å². The molecule has 0 aromatic heterocycles. The zero-order valence-electron chi connectivity index (χ0n) is 11.7. The summed E-state index contributed by atoms with van der Waals surface area (Å²) in [5.41, 5.74) is 0.156. The van der Waals surface area contributed by atoms with Gasteiger partial charge in [0.05, 0.1) is 17.3 Å². The van der Waals surface area contributed by atoms with Gasteiger partial charge in [-0.1, -0.05) is 23.7 Å². The van der Waals surface area contributed by atoms with Gasteiger partial charge >= 0.3 is 0 Å². The molecular formula is C13H16ClF3N2O2S. The number of rotatable bonds is 5. The van der Waals surface area contributed by atoms with Gasteiger partial charge < -0.3 is 5.32 Å². The van der Waals surface area contributed by atoms with E-state index >= 15 is 0 Å². The van der Waals surface area contributed by atoms with Crippen LogP contribution in [0.5, 0.6) is 0 Å². The number of hydrogen-bond acceptors (Lipinski definition) is 3. The fraction of sp³-hybridized carbons (Fsp3) is 0.538. The van der Waals surface area contributed by atoms with E-state index in [1.54, 1.807) is 0 Å². The Hall–Kier alpha value is -0.830. The lowest BCUT2D eigenvalue weighted by molar-refractivity contribution is -0.000879. The molecule has 9 heteroatoms. The third-order valence-electron chi connectivity index (χ3n) is 3.62. The predicted molar refractivity (Wildman–Crippen MR) is 78.2 cm³/mol. The van der Waals surface area contributed by atoms with E-state index in [2.05, 4.69) is 5.32 Å². The van der Waals surface area contributed by atoms with Crippen molar-refractivity contribution in [3.05, 3.63) is 34.6 Å². The van der Waals surface area contributed by atoms with Crippen molar-refractivity contribution in [2.45, 2.75) is 31.4 Å². The molecule has 0 amide bonds. The molecule has 0 saturated carbocycles. The molecule has 0 radical (unpaired) electrons. The Labute approximate surface area is 132 Å². The number of nitrogens with one attached hydrogen (secondary N) is 2. The fourth-order valence-electron chi connectivity index (χ4n) is 2.37. The van der Waals surface area contributed by atoms with Crippen LogP contribution in [0, 0.1) is 5.82 Å². The summed E-state index contributed by atoms with van der Waals surface area (Å²) < 4.78 is 66.9. The van der Waals surface area contributed by atoms with Crippen LogP contribution >= 0.6 is 11.6 Å². The van der Waals surface area contributed by atoms with E-state index in [0.29, 0.717) is 0 Å². The molecule has 1 heterocycles. The minimum absolute atomic E-state index is 0.0983. The Morgan fingerprint density at radius 2 is 2.14 bits per heavy atom. The van der Waals surface area contributed by atoms with Gasteiger partial charge in [-0.3, -0.25) is 0 Å². The second-order valence-electron chi connectivity index (χ2n) is 5.16. The Morgan fingerprint density at radius 1 is 1.45 bits per heavy atom. The summed E-state index contributed by atoms with van der Waals surface area (Å²) in [6.07, 6.45) is -0.0983. The van der Waals surface area contributed by atoms with Gasteiger partial charge in [0.1, 0.15) is 11.9 Å². The first kappa shape index (κ1) is 17.5. The molecule has 0 bridgehead atoms. The first-order chi connectivity index (χ1) is 10.2. The first-order valence-electron chi connectivity index (χ1n) is 6.70. The SMILES string of the molecule is CCS(=O)(=O)N[C@@H]1[C@H](Cc2cccc(Cl)c2F)NCC1(F)F. The molecule has 0 spiro atoms. The lowest BCUT2D eigenvalue weighted by atomic mass is 9.99. The van der Waals surface area contributed by atoms with Crippen LogP contribution in [0.25, 0.3) is 0 Å². The molecule has 0 unspecified atom stereocenters. The van der Waals surface area contributed by atoms with E-state index in [1.807, 2.05) is 4.72 Å². The molecule has 1 aliphatic heterocycles. The monoisotopic (exact) mass is 356 g/mol. The summed E-state index contributed by atoms with van der Waals surface area (Å²) >= 11 is 5.67. The van der Waals surface area contributed by atoms with Crippen molar-refractivity contribution in [1.29, 1.82) is 0 Å². The lowest BCUT2D eigenvalue weighted by Crippen LogP contribution is -2.51. The van der Waals surface area contributed by atoms with Crippen LogP contribution in [0.2, 0.25) is 5.02 Å². The van der Waals surface area contributed by atoms with Crippen LogP contribution in [0.15, 0.2) is 18.2 Å². The van der Waals surface area contributed by atoms with Gasteiger partial charge in [-0.15, -0.1) is 0 Å². The quantitative estimate of drug-likeness (QED) is 0.847. The molecule has 2 rings (SSSR count). The van der Waals surface area contributed by atoms with Crippen molar-refractivity contribution >= 4 is 21.6 Å².